The summed E-state index contributed by atoms with van der Waals surface area (Å²) in [7, 11) is 3.02. The fourth-order valence-electron chi connectivity index (χ4n) is 3.10. The molecule has 0 radical (unpaired) electrons. The molecule has 3 rings (SSSR count). The summed E-state index contributed by atoms with van der Waals surface area (Å²) < 4.78 is 23.8. The van der Waals surface area contributed by atoms with E-state index in [9.17, 15) is 14.0 Å². The lowest BCUT2D eigenvalue weighted by atomic mass is 10.2. The summed E-state index contributed by atoms with van der Waals surface area (Å²) in [6, 6.07) is 8.34. The molecule has 1 aliphatic heterocycles. The number of benzene rings is 2. The number of hydrogen-bond donors (Lipinski definition) is 2. The predicted molar refractivity (Wildman–Crippen MR) is 104 cm³/mol. The molecule has 28 heavy (non-hydrogen) atoms. The van der Waals surface area contributed by atoms with Gasteiger partial charge in [-0.2, -0.15) is 0 Å². The first kappa shape index (κ1) is 19.5. The third-order valence-corrected chi connectivity index (χ3v) is 4.62. The summed E-state index contributed by atoms with van der Waals surface area (Å²) in [6.07, 6.45) is 0.456. The van der Waals surface area contributed by atoms with Crippen LogP contribution in [0.15, 0.2) is 36.4 Å². The highest BCUT2D eigenvalue weighted by atomic mass is 19.1. The molecule has 2 aromatic rings. The minimum Gasteiger partial charge on any atom is -0.497 e. The van der Waals surface area contributed by atoms with E-state index in [1.165, 1.54) is 20.3 Å². The van der Waals surface area contributed by atoms with Crippen LogP contribution in [-0.4, -0.2) is 38.7 Å². The van der Waals surface area contributed by atoms with Crippen LogP contribution in [0.3, 0.4) is 0 Å². The quantitative estimate of drug-likeness (QED) is 0.826. The summed E-state index contributed by atoms with van der Waals surface area (Å²) in [6.45, 7) is 2.08. The average Bonchev–Trinajstić information content (AvgIpc) is 3.04. The molecule has 7 nitrogen and oxygen atoms in total. The average molecular weight is 387 g/mol. The Hall–Kier alpha value is -3.29. The van der Waals surface area contributed by atoms with Crippen LogP contribution in [-0.2, 0) is 4.79 Å². The number of methoxy groups -OCH3 is 2. The van der Waals surface area contributed by atoms with E-state index in [0.717, 1.165) is 0 Å². The van der Waals surface area contributed by atoms with E-state index in [-0.39, 0.29) is 11.7 Å². The zero-order chi connectivity index (χ0) is 20.3. The highest BCUT2D eigenvalue weighted by molar-refractivity contribution is 6.02. The summed E-state index contributed by atoms with van der Waals surface area (Å²) >= 11 is 0. The Kier molecular flexibility index (Phi) is 5.67. The molecule has 0 unspecified atom stereocenters. The standard InChI is InChI=1S/C20H22FN3O4/c1-12-10-13(4-6-15(12)21)24-9-8-16(19(24)25)22-20(26)23-17-11-14(27-2)5-7-18(17)28-3/h4-7,10-11,16H,8-9H2,1-3H3,(H2,22,23,26)/t16-/m1/s1. The van der Waals surface area contributed by atoms with Crippen molar-refractivity contribution in [2.75, 3.05) is 31.0 Å². The monoisotopic (exact) mass is 387 g/mol. The van der Waals surface area contributed by atoms with Crippen molar-refractivity contribution in [1.82, 2.24) is 5.32 Å². The second-order valence-electron chi connectivity index (χ2n) is 6.43. The highest BCUT2D eigenvalue weighted by Crippen LogP contribution is 2.29. The molecule has 3 amide bonds. The fraction of sp³-hybridized carbons (Fsp3) is 0.300. The molecular weight excluding hydrogens is 365 g/mol. The van der Waals surface area contributed by atoms with Gasteiger partial charge in [-0.3, -0.25) is 4.79 Å². The van der Waals surface area contributed by atoms with Gasteiger partial charge < -0.3 is 25.0 Å². The molecule has 0 aliphatic carbocycles. The second-order valence-corrected chi connectivity index (χ2v) is 6.43. The van der Waals surface area contributed by atoms with Crippen molar-refractivity contribution in [3.8, 4) is 11.5 Å². The summed E-state index contributed by atoms with van der Waals surface area (Å²) in [5.41, 5.74) is 1.50. The molecule has 2 aromatic carbocycles. The molecule has 1 saturated heterocycles. The summed E-state index contributed by atoms with van der Waals surface area (Å²) in [5.74, 6) is 0.471. The van der Waals surface area contributed by atoms with Gasteiger partial charge in [-0.05, 0) is 49.2 Å². The van der Waals surface area contributed by atoms with Gasteiger partial charge >= 0.3 is 6.03 Å². The number of halogens is 1. The zero-order valence-electron chi connectivity index (χ0n) is 15.9. The van der Waals surface area contributed by atoms with E-state index in [0.29, 0.717) is 41.4 Å². The first-order chi connectivity index (χ1) is 13.4. The Bertz CT molecular complexity index is 903. The Morgan fingerprint density at radius 3 is 2.64 bits per heavy atom. The van der Waals surface area contributed by atoms with Crippen molar-refractivity contribution in [3.63, 3.8) is 0 Å². The van der Waals surface area contributed by atoms with Crippen LogP contribution in [0.1, 0.15) is 12.0 Å². The van der Waals surface area contributed by atoms with Crippen LogP contribution in [0, 0.1) is 12.7 Å². The largest absolute Gasteiger partial charge is 0.497 e. The molecule has 1 heterocycles. The maximum atomic E-state index is 13.5. The third-order valence-electron chi connectivity index (χ3n) is 4.62. The number of anilines is 2. The molecule has 0 aromatic heterocycles. The van der Waals surface area contributed by atoms with Gasteiger partial charge in [0.05, 0.1) is 19.9 Å². The summed E-state index contributed by atoms with van der Waals surface area (Å²) in [4.78, 5) is 26.6. The molecular formula is C20H22FN3O4. The Morgan fingerprint density at radius 2 is 1.96 bits per heavy atom. The number of amides is 3. The van der Waals surface area contributed by atoms with Gasteiger partial charge in [0.1, 0.15) is 23.4 Å². The number of aryl methyl sites for hydroxylation is 1. The molecule has 1 aliphatic rings. The highest BCUT2D eigenvalue weighted by Gasteiger charge is 2.34. The van der Waals surface area contributed by atoms with E-state index in [1.54, 1.807) is 42.2 Å². The van der Waals surface area contributed by atoms with Crippen molar-refractivity contribution in [2.24, 2.45) is 0 Å². The van der Waals surface area contributed by atoms with Gasteiger partial charge in [0.25, 0.3) is 0 Å². The van der Waals surface area contributed by atoms with Crippen molar-refractivity contribution in [3.05, 3.63) is 47.8 Å². The summed E-state index contributed by atoms with van der Waals surface area (Å²) in [5, 5.41) is 5.36. The smallest absolute Gasteiger partial charge is 0.319 e. The molecule has 0 bridgehead atoms. The molecule has 148 valence electrons. The number of rotatable bonds is 5. The van der Waals surface area contributed by atoms with Crippen LogP contribution >= 0.6 is 0 Å². The van der Waals surface area contributed by atoms with Crippen molar-refractivity contribution in [1.29, 1.82) is 0 Å². The first-order valence-electron chi connectivity index (χ1n) is 8.80. The number of hydrogen-bond acceptors (Lipinski definition) is 4. The van der Waals surface area contributed by atoms with Gasteiger partial charge in [-0.15, -0.1) is 0 Å². The van der Waals surface area contributed by atoms with E-state index in [4.69, 9.17) is 9.47 Å². The predicted octanol–water partition coefficient (Wildman–Crippen LogP) is 3.08. The molecule has 2 N–H and O–H groups in total. The van der Waals surface area contributed by atoms with Crippen LogP contribution < -0.4 is 25.0 Å². The zero-order valence-corrected chi connectivity index (χ0v) is 15.9. The van der Waals surface area contributed by atoms with Gasteiger partial charge in [0.15, 0.2) is 0 Å². The lowest BCUT2D eigenvalue weighted by Gasteiger charge is -2.18. The lowest BCUT2D eigenvalue weighted by Crippen LogP contribution is -2.43. The van der Waals surface area contributed by atoms with Gasteiger partial charge in [0, 0.05) is 18.3 Å². The number of ether oxygens (including phenoxy) is 2. The molecule has 0 spiro atoms. The van der Waals surface area contributed by atoms with E-state index in [2.05, 4.69) is 10.6 Å². The van der Waals surface area contributed by atoms with Crippen molar-refractivity contribution >= 4 is 23.3 Å². The molecule has 8 heteroatoms. The maximum Gasteiger partial charge on any atom is 0.319 e. The second kappa shape index (κ2) is 8.16. The minimum atomic E-state index is -0.665. The van der Waals surface area contributed by atoms with Gasteiger partial charge in [0.2, 0.25) is 5.91 Å². The van der Waals surface area contributed by atoms with Crippen LogP contribution in [0.2, 0.25) is 0 Å². The van der Waals surface area contributed by atoms with Crippen LogP contribution in [0.4, 0.5) is 20.6 Å². The Balaban J connectivity index is 1.67. The normalized spacial score (nSPS) is 16.1. The SMILES string of the molecule is COc1ccc(OC)c(NC(=O)N[C@@H]2CCN(c3ccc(F)c(C)c3)C2=O)c1. The lowest BCUT2D eigenvalue weighted by molar-refractivity contribution is -0.118. The number of carbonyl (C=O) groups excluding carboxylic acids is 2. The number of nitrogens with one attached hydrogen (secondary N) is 2. The number of nitrogens with zero attached hydrogens (tertiary/aromatic N) is 1. The van der Waals surface area contributed by atoms with Crippen LogP contribution in [0.5, 0.6) is 11.5 Å². The first-order valence-corrected chi connectivity index (χ1v) is 8.80. The third kappa shape index (κ3) is 4.00. The Labute approximate surface area is 162 Å². The van der Waals surface area contributed by atoms with Gasteiger partial charge in [-0.25, -0.2) is 9.18 Å². The van der Waals surface area contributed by atoms with E-state index >= 15 is 0 Å². The van der Waals surface area contributed by atoms with Crippen LogP contribution in [0.25, 0.3) is 0 Å². The maximum absolute atomic E-state index is 13.5. The fourth-order valence-corrected chi connectivity index (χ4v) is 3.10. The van der Waals surface area contributed by atoms with Crippen molar-refractivity contribution in [2.45, 2.75) is 19.4 Å². The molecule has 1 atom stereocenters. The molecule has 0 saturated carbocycles. The Morgan fingerprint density at radius 1 is 1.18 bits per heavy atom. The van der Waals surface area contributed by atoms with Gasteiger partial charge in [-0.1, -0.05) is 0 Å². The topological polar surface area (TPSA) is 79.9 Å². The number of carbonyl (C=O) groups is 2. The number of urea groups is 1. The molecule has 1 fully saturated rings. The van der Waals surface area contributed by atoms with Crippen molar-refractivity contribution < 1.29 is 23.5 Å². The minimum absolute atomic E-state index is 0.237. The van der Waals surface area contributed by atoms with E-state index < -0.39 is 12.1 Å². The van der Waals surface area contributed by atoms with E-state index in [1.807, 2.05) is 0 Å².